The highest BCUT2D eigenvalue weighted by Crippen LogP contribution is 2.47. The molecule has 0 atom stereocenters. The number of para-hydroxylation sites is 2. The molecule has 0 bridgehead atoms. The van der Waals surface area contributed by atoms with Gasteiger partial charge >= 0.3 is 5.97 Å². The summed E-state index contributed by atoms with van der Waals surface area (Å²) in [5, 5.41) is 0. The van der Waals surface area contributed by atoms with Crippen LogP contribution >= 0.6 is 11.8 Å². The highest BCUT2D eigenvalue weighted by molar-refractivity contribution is 7.99. The molecule has 1 aromatic heterocycles. The van der Waals surface area contributed by atoms with E-state index in [1.165, 1.54) is 16.8 Å². The van der Waals surface area contributed by atoms with E-state index in [4.69, 9.17) is 4.74 Å². The number of benzene rings is 2. The number of ether oxygens (including phenoxy) is 1. The van der Waals surface area contributed by atoms with E-state index in [2.05, 4.69) is 0 Å². The molecule has 3 aromatic rings. The number of hydrogen-bond acceptors (Lipinski definition) is 5. The maximum atomic E-state index is 12.9. The van der Waals surface area contributed by atoms with Crippen molar-refractivity contribution < 1.29 is 14.3 Å². The Morgan fingerprint density at radius 3 is 2.11 bits per heavy atom. The number of carbonyl (C=O) groups excluding carboxylic acids is 2. The fraction of sp³-hybridized carbons (Fsp3) is 0.0952. The zero-order chi connectivity index (χ0) is 19.5. The highest BCUT2D eigenvalue weighted by Gasteiger charge is 2.28. The molecule has 7 heteroatoms. The second kappa shape index (κ2) is 7.74. The van der Waals surface area contributed by atoms with Gasteiger partial charge in [-0.3, -0.25) is 19.3 Å². The number of esters is 1. The monoisotopic (exact) mass is 392 g/mol. The molecule has 2 heterocycles. The summed E-state index contributed by atoms with van der Waals surface area (Å²) in [6.45, 7) is -0.649. The van der Waals surface area contributed by atoms with Crippen molar-refractivity contribution in [2.45, 2.75) is 16.3 Å². The van der Waals surface area contributed by atoms with E-state index in [0.29, 0.717) is 0 Å². The van der Waals surface area contributed by atoms with Crippen LogP contribution in [-0.4, -0.2) is 23.1 Å². The SMILES string of the molecule is O=C(Cn1ccccc1=O)OCC(=O)N1c2ccccc2Sc2ccccc21. The summed E-state index contributed by atoms with van der Waals surface area (Å²) in [6, 6.07) is 19.8. The van der Waals surface area contributed by atoms with Crippen LogP contribution in [0.4, 0.5) is 11.4 Å². The Balaban J connectivity index is 1.51. The molecule has 1 aliphatic heterocycles. The largest absolute Gasteiger partial charge is 0.454 e. The summed E-state index contributed by atoms with van der Waals surface area (Å²) >= 11 is 1.59. The van der Waals surface area contributed by atoms with E-state index in [1.54, 1.807) is 28.8 Å². The fourth-order valence-electron chi connectivity index (χ4n) is 2.96. The van der Waals surface area contributed by atoms with E-state index >= 15 is 0 Å². The lowest BCUT2D eigenvalue weighted by Crippen LogP contribution is -2.33. The lowest BCUT2D eigenvalue weighted by molar-refractivity contribution is -0.148. The molecule has 0 aliphatic carbocycles. The molecule has 28 heavy (non-hydrogen) atoms. The third kappa shape index (κ3) is 3.57. The van der Waals surface area contributed by atoms with Crippen LogP contribution in [0.15, 0.2) is 87.5 Å². The van der Waals surface area contributed by atoms with Gasteiger partial charge in [0.25, 0.3) is 11.5 Å². The molecular weight excluding hydrogens is 376 g/mol. The zero-order valence-electron chi connectivity index (χ0n) is 14.8. The first-order valence-electron chi connectivity index (χ1n) is 8.63. The minimum Gasteiger partial charge on any atom is -0.454 e. The van der Waals surface area contributed by atoms with Crippen LogP contribution < -0.4 is 10.5 Å². The van der Waals surface area contributed by atoms with Crippen LogP contribution in [0.25, 0.3) is 0 Å². The van der Waals surface area contributed by atoms with Crippen molar-refractivity contribution in [3.63, 3.8) is 0 Å². The molecule has 0 radical (unpaired) electrons. The molecule has 6 nitrogen and oxygen atoms in total. The van der Waals surface area contributed by atoms with E-state index in [9.17, 15) is 14.4 Å². The number of carbonyl (C=O) groups is 2. The third-order valence-electron chi connectivity index (χ3n) is 4.24. The summed E-state index contributed by atoms with van der Waals surface area (Å²) in [7, 11) is 0. The Bertz CT molecular complexity index is 1060. The van der Waals surface area contributed by atoms with E-state index in [-0.39, 0.29) is 18.0 Å². The van der Waals surface area contributed by atoms with Crippen LogP contribution in [-0.2, 0) is 20.9 Å². The van der Waals surface area contributed by atoms with Gasteiger partial charge in [0, 0.05) is 22.1 Å². The number of rotatable bonds is 4. The number of fused-ring (bicyclic) bond motifs is 2. The van der Waals surface area contributed by atoms with Gasteiger partial charge in [-0.25, -0.2) is 0 Å². The van der Waals surface area contributed by atoms with Crippen LogP contribution in [0, 0.1) is 0 Å². The minimum absolute atomic E-state index is 0.240. The van der Waals surface area contributed by atoms with E-state index in [1.807, 2.05) is 48.5 Å². The van der Waals surface area contributed by atoms with Crippen LogP contribution in [0.1, 0.15) is 0 Å². The molecular formula is C21H16N2O4S. The average Bonchev–Trinajstić information content (AvgIpc) is 2.72. The number of hydrogen-bond donors (Lipinski definition) is 0. The van der Waals surface area contributed by atoms with Gasteiger partial charge in [0.05, 0.1) is 11.4 Å². The first-order chi connectivity index (χ1) is 13.6. The van der Waals surface area contributed by atoms with Gasteiger partial charge in [-0.1, -0.05) is 42.1 Å². The van der Waals surface area contributed by atoms with Crippen molar-refractivity contribution in [3.8, 4) is 0 Å². The van der Waals surface area contributed by atoms with Crippen molar-refractivity contribution in [3.05, 3.63) is 83.3 Å². The highest BCUT2D eigenvalue weighted by atomic mass is 32.2. The molecule has 0 fully saturated rings. The number of anilines is 2. The number of amides is 1. The molecule has 0 unspecified atom stereocenters. The summed E-state index contributed by atoms with van der Waals surface area (Å²) in [5.74, 6) is -0.997. The average molecular weight is 392 g/mol. The Kier molecular flexibility index (Phi) is 4.99. The summed E-state index contributed by atoms with van der Waals surface area (Å²) in [5.41, 5.74) is 1.21. The smallest absolute Gasteiger partial charge is 0.326 e. The second-order valence-electron chi connectivity index (χ2n) is 6.09. The van der Waals surface area contributed by atoms with Crippen molar-refractivity contribution in [2.75, 3.05) is 11.5 Å². The summed E-state index contributed by atoms with van der Waals surface area (Å²) < 4.78 is 6.38. The first kappa shape index (κ1) is 18.1. The summed E-state index contributed by atoms with van der Waals surface area (Å²) in [4.78, 5) is 40.2. The van der Waals surface area contributed by atoms with Gasteiger partial charge in [0.2, 0.25) is 0 Å². The molecule has 2 aromatic carbocycles. The predicted octanol–water partition coefficient (Wildman–Crippen LogP) is 3.22. The molecule has 1 aliphatic rings. The van der Waals surface area contributed by atoms with E-state index in [0.717, 1.165) is 21.2 Å². The quantitative estimate of drug-likeness (QED) is 0.638. The first-order valence-corrected chi connectivity index (χ1v) is 9.45. The minimum atomic E-state index is -0.644. The van der Waals surface area contributed by atoms with Gasteiger partial charge in [-0.2, -0.15) is 0 Å². The number of nitrogens with zero attached hydrogens (tertiary/aromatic N) is 2. The Labute approximate surface area is 165 Å². The van der Waals surface area contributed by atoms with Crippen molar-refractivity contribution >= 4 is 35.0 Å². The Morgan fingerprint density at radius 1 is 0.857 bits per heavy atom. The molecule has 4 rings (SSSR count). The van der Waals surface area contributed by atoms with Crippen LogP contribution in [0.3, 0.4) is 0 Å². The number of pyridine rings is 1. The van der Waals surface area contributed by atoms with Crippen molar-refractivity contribution in [2.24, 2.45) is 0 Å². The summed E-state index contributed by atoms with van der Waals surface area (Å²) in [6.07, 6.45) is 1.50. The lowest BCUT2D eigenvalue weighted by Gasteiger charge is -2.30. The topological polar surface area (TPSA) is 68.6 Å². The molecule has 140 valence electrons. The lowest BCUT2D eigenvalue weighted by atomic mass is 10.2. The Hall–Kier alpha value is -3.32. The van der Waals surface area contributed by atoms with Gasteiger partial charge < -0.3 is 9.30 Å². The third-order valence-corrected chi connectivity index (χ3v) is 5.37. The van der Waals surface area contributed by atoms with Gasteiger partial charge in [-0.05, 0) is 30.3 Å². The Morgan fingerprint density at radius 2 is 1.46 bits per heavy atom. The number of aromatic nitrogens is 1. The zero-order valence-corrected chi connectivity index (χ0v) is 15.6. The van der Waals surface area contributed by atoms with Crippen LogP contribution in [0.5, 0.6) is 0 Å². The van der Waals surface area contributed by atoms with Crippen molar-refractivity contribution in [1.29, 1.82) is 0 Å². The molecule has 0 saturated carbocycles. The van der Waals surface area contributed by atoms with E-state index < -0.39 is 12.6 Å². The molecule has 1 amide bonds. The van der Waals surface area contributed by atoms with Gasteiger partial charge in [0.15, 0.2) is 6.61 Å². The molecule has 0 spiro atoms. The maximum Gasteiger partial charge on any atom is 0.326 e. The maximum absolute atomic E-state index is 12.9. The second-order valence-corrected chi connectivity index (χ2v) is 7.18. The normalized spacial score (nSPS) is 12.1. The fourth-order valence-corrected chi connectivity index (χ4v) is 4.01. The van der Waals surface area contributed by atoms with Gasteiger partial charge in [-0.15, -0.1) is 0 Å². The van der Waals surface area contributed by atoms with Gasteiger partial charge in [0.1, 0.15) is 6.54 Å². The molecule has 0 N–H and O–H groups in total. The predicted molar refractivity (Wildman–Crippen MR) is 106 cm³/mol. The molecule has 0 saturated heterocycles. The van der Waals surface area contributed by atoms with Crippen LogP contribution in [0.2, 0.25) is 0 Å². The van der Waals surface area contributed by atoms with Crippen molar-refractivity contribution in [1.82, 2.24) is 4.57 Å². The standard InChI is InChI=1S/C21H16N2O4S/c24-19-11-5-6-12-22(19)13-21(26)27-14-20(25)23-15-7-1-3-9-17(15)28-18-10-4-2-8-16(18)23/h1-12H,13-14H2.